The lowest BCUT2D eigenvalue weighted by molar-refractivity contribution is -0.00646. The van der Waals surface area contributed by atoms with E-state index in [2.05, 4.69) is 18.1 Å². The van der Waals surface area contributed by atoms with Crippen molar-refractivity contribution in [1.82, 2.24) is 9.55 Å². The number of nitrogens with zero attached hydrogens (tertiary/aromatic N) is 2. The highest BCUT2D eigenvalue weighted by molar-refractivity contribution is 8.00. The Bertz CT molecular complexity index is 887. The maximum atomic E-state index is 11.7. The van der Waals surface area contributed by atoms with E-state index < -0.39 is 47.4 Å². The molecule has 0 bridgehead atoms. The smallest absolute Gasteiger partial charge is 0.383 e. The van der Waals surface area contributed by atoms with Crippen LogP contribution in [-0.2, 0) is 31.6 Å². The molecule has 0 aliphatic carbocycles. The van der Waals surface area contributed by atoms with E-state index in [4.69, 9.17) is 25.2 Å². The first kappa shape index (κ1) is 22.7. The van der Waals surface area contributed by atoms with Crippen molar-refractivity contribution in [3.63, 3.8) is 0 Å². The molecule has 6 N–H and O–H groups in total. The van der Waals surface area contributed by atoms with Crippen molar-refractivity contribution >= 4 is 41.0 Å². The van der Waals surface area contributed by atoms with Gasteiger partial charge < -0.3 is 30.0 Å². The molecule has 0 amide bonds. The Balaban J connectivity index is 1.91. The summed E-state index contributed by atoms with van der Waals surface area (Å²) in [7, 11) is -16.3. The minimum atomic E-state index is -5.58. The molecule has 19 heteroatoms. The molecule has 1 aliphatic rings. The van der Waals surface area contributed by atoms with E-state index in [0.717, 1.165) is 16.3 Å². The summed E-state index contributed by atoms with van der Waals surface area (Å²) in [5, 5.41) is 0. The highest BCUT2D eigenvalue weighted by Crippen LogP contribution is 2.66. The highest BCUT2D eigenvalue weighted by atomic mass is 32.2. The zero-order valence-electron chi connectivity index (χ0n) is 13.0. The summed E-state index contributed by atoms with van der Waals surface area (Å²) in [4.78, 5) is 50.5. The van der Waals surface area contributed by atoms with Crippen LogP contribution >= 0.6 is 35.2 Å². The average Bonchev–Trinajstić information content (AvgIpc) is 2.90. The standard InChI is InChI=1S/C8H14N3O12P3S/c9-5-1-2-11(8(12)10-5)6-4-27-7(21-6)3-20-25(16,17)23-26(18,19)22-24(13,14)15/h1-2,6-7H,3-4H2,(H,16,17)(H,18,19)(H2,9,10,12)(H2,13,14,15)/t6-,7+/m0/s1/i8+1,10+1,11+1. The van der Waals surface area contributed by atoms with E-state index in [1.165, 1.54) is 12.3 Å². The zero-order chi connectivity index (χ0) is 20.5. The average molecular weight is 472 g/mol. The summed E-state index contributed by atoms with van der Waals surface area (Å²) in [6.45, 7) is -0.623. The Morgan fingerprint density at radius 1 is 1.26 bits per heavy atom. The molecule has 154 valence electrons. The zero-order valence-corrected chi connectivity index (χ0v) is 16.5. The number of nitrogen functional groups attached to an aromatic ring is 1. The molecule has 15 nitrogen and oxygen atoms in total. The van der Waals surface area contributed by atoms with Gasteiger partial charge in [-0.3, -0.25) is 9.09 Å². The molecule has 4 atom stereocenters. The molecule has 1 fully saturated rings. The van der Waals surface area contributed by atoms with Crippen LogP contribution in [0.1, 0.15) is 6.23 Å². The normalized spacial score (nSPS) is 25.0. The second-order valence-corrected chi connectivity index (χ2v) is 10.4. The number of nitrogens with two attached hydrogens (primary N) is 1. The molecule has 2 heterocycles. The Labute approximate surface area is 154 Å². The van der Waals surface area contributed by atoms with E-state index >= 15 is 0 Å². The monoisotopic (exact) mass is 472 g/mol. The largest absolute Gasteiger partial charge is 0.490 e. The van der Waals surface area contributed by atoms with Gasteiger partial charge in [0.1, 0.15) is 17.5 Å². The fourth-order valence-corrected chi connectivity index (χ4v) is 5.89. The van der Waals surface area contributed by atoms with Gasteiger partial charge in [0.2, 0.25) is 0 Å². The minimum absolute atomic E-state index is 0.0195. The summed E-state index contributed by atoms with van der Waals surface area (Å²) < 4.78 is 51.5. The van der Waals surface area contributed by atoms with Gasteiger partial charge in [-0.05, 0) is 6.07 Å². The summed E-state index contributed by atoms with van der Waals surface area (Å²) in [5.41, 5.74) is 3.83. The van der Waals surface area contributed by atoms with Crippen molar-refractivity contribution in [3.05, 3.63) is 22.7 Å². The predicted octanol–water partition coefficient (Wildman–Crippen LogP) is -0.243. The van der Waals surface area contributed by atoms with Crippen molar-refractivity contribution in [2.45, 2.75) is 11.7 Å². The van der Waals surface area contributed by atoms with Crippen molar-refractivity contribution in [3.8, 4) is 0 Å². The molecule has 1 saturated heterocycles. The number of hydrogen-bond donors (Lipinski definition) is 5. The van der Waals surface area contributed by atoms with Gasteiger partial charge >= 0.3 is 29.2 Å². The Hall–Kier alpha value is -0.600. The van der Waals surface area contributed by atoms with Gasteiger partial charge in [0.25, 0.3) is 0 Å². The maximum absolute atomic E-state index is 11.7. The molecule has 2 unspecified atom stereocenters. The molecule has 0 radical (unpaired) electrons. The molecular weight excluding hydrogens is 458 g/mol. The summed E-state index contributed by atoms with van der Waals surface area (Å²) in [6, 6.07) is 1.37. The van der Waals surface area contributed by atoms with Gasteiger partial charge in [0, 0.05) is 11.9 Å². The van der Waals surface area contributed by atoms with Crippen molar-refractivity contribution in [2.75, 3.05) is 18.1 Å². The van der Waals surface area contributed by atoms with Crippen molar-refractivity contribution in [1.29, 1.82) is 0 Å². The van der Waals surface area contributed by atoms with Gasteiger partial charge in [0.15, 0.2) is 0 Å². The van der Waals surface area contributed by atoms with E-state index in [-0.39, 0.29) is 11.6 Å². The van der Waals surface area contributed by atoms with Gasteiger partial charge in [-0.2, -0.15) is 13.6 Å². The number of phosphoric ester groups is 1. The number of anilines is 1. The number of thioether (sulfide) groups is 1. The third-order valence-electron chi connectivity index (χ3n) is 2.69. The fourth-order valence-electron chi connectivity index (χ4n) is 1.78. The van der Waals surface area contributed by atoms with E-state index in [1.807, 2.05) is 0 Å². The van der Waals surface area contributed by atoms with Gasteiger partial charge in [0.05, 0.1) is 6.61 Å². The van der Waals surface area contributed by atoms with Gasteiger partial charge in [-0.25, -0.2) is 18.5 Å². The van der Waals surface area contributed by atoms with Crippen LogP contribution in [0.25, 0.3) is 0 Å². The number of phosphoric acid groups is 3. The fraction of sp³-hybridized carbons (Fsp3) is 0.500. The lowest BCUT2D eigenvalue weighted by atomic mass is 10.6. The van der Waals surface area contributed by atoms with Crippen LogP contribution in [0.4, 0.5) is 5.82 Å². The number of aromatic nitrogens is 2. The number of ether oxygens (including phenoxy) is 1. The summed E-state index contributed by atoms with van der Waals surface area (Å²) in [6.07, 6.45) is 0.575. The molecule has 0 saturated carbocycles. The van der Waals surface area contributed by atoms with Crippen molar-refractivity contribution in [2.24, 2.45) is 0 Å². The Kier molecular flexibility index (Phi) is 7.07. The second kappa shape index (κ2) is 8.41. The minimum Gasteiger partial charge on any atom is -0.383 e. The lowest BCUT2D eigenvalue weighted by Crippen LogP contribution is -2.28. The SMILES string of the molecule is Nc1cc[15n]([C@@H]2CS[C@H](COP(=O)(O)OP(=O)(O)OP(=O)(O)O)O2)[13c](=O)[15n]1. The molecule has 0 spiro atoms. The Morgan fingerprint density at radius 3 is 2.52 bits per heavy atom. The number of hydrogen-bond acceptors (Lipinski definition) is 11. The molecule has 0 aromatic carbocycles. The highest BCUT2D eigenvalue weighted by Gasteiger charge is 2.41. The van der Waals surface area contributed by atoms with E-state index in [9.17, 15) is 23.4 Å². The molecule has 1 aromatic heterocycles. The Morgan fingerprint density at radius 2 is 1.93 bits per heavy atom. The van der Waals surface area contributed by atoms with E-state index in [0.29, 0.717) is 0 Å². The summed E-state index contributed by atoms with van der Waals surface area (Å²) in [5.74, 6) is 0.266. The third kappa shape index (κ3) is 7.38. The maximum Gasteiger partial charge on any atom is 0.490 e. The first-order chi connectivity index (χ1) is 12.3. The second-order valence-electron chi connectivity index (χ2n) is 4.78. The lowest BCUT2D eigenvalue weighted by Gasteiger charge is -2.18. The van der Waals surface area contributed by atoms with Crippen molar-refractivity contribution < 1.29 is 51.2 Å². The summed E-state index contributed by atoms with van der Waals surface area (Å²) >= 11 is 1.09. The molecule has 1 aliphatic heterocycles. The quantitative estimate of drug-likeness (QED) is 0.307. The number of rotatable bonds is 8. The first-order valence-corrected chi connectivity index (χ1v) is 12.2. The predicted molar refractivity (Wildman–Crippen MR) is 89.1 cm³/mol. The van der Waals surface area contributed by atoms with Crippen LogP contribution in [0, 0.1) is 0 Å². The molecular formula is C8H14N3O12P3S. The van der Waals surface area contributed by atoms with Crippen LogP contribution in [-0.4, -0.2) is 46.9 Å². The third-order valence-corrected chi connectivity index (χ3v) is 7.58. The molecule has 1 aromatic rings. The van der Waals surface area contributed by atoms with E-state index in [1.54, 1.807) is 0 Å². The van der Waals surface area contributed by atoms with Crippen LogP contribution in [0.5, 0.6) is 0 Å². The molecule has 27 heavy (non-hydrogen) atoms. The van der Waals surface area contributed by atoms with Crippen LogP contribution in [0.15, 0.2) is 17.1 Å². The topological polar surface area (TPSA) is 230 Å². The van der Waals surface area contributed by atoms with Crippen LogP contribution in [0.3, 0.4) is 0 Å². The van der Waals surface area contributed by atoms with Crippen LogP contribution < -0.4 is 11.4 Å². The first-order valence-electron chi connectivity index (χ1n) is 6.66. The van der Waals surface area contributed by atoms with Crippen LogP contribution in [0.2, 0.25) is 0 Å². The van der Waals surface area contributed by atoms with Gasteiger partial charge in [-0.1, -0.05) is 0 Å². The molecule has 2 rings (SSSR count). The van der Waals surface area contributed by atoms with Gasteiger partial charge in [-0.15, -0.1) is 11.8 Å².